The molecule has 2 N–H and O–H groups in total. The number of methoxy groups -OCH3 is 1. The quantitative estimate of drug-likeness (QED) is 0.843. The van der Waals surface area contributed by atoms with Crippen molar-refractivity contribution in [1.82, 2.24) is 10.3 Å². The molecular weight excluding hydrogens is 328 g/mol. The van der Waals surface area contributed by atoms with E-state index in [2.05, 4.69) is 10.3 Å². The van der Waals surface area contributed by atoms with Crippen molar-refractivity contribution in [1.29, 1.82) is 0 Å². The summed E-state index contributed by atoms with van der Waals surface area (Å²) in [5, 5.41) is 4.23. The van der Waals surface area contributed by atoms with Crippen LogP contribution in [0, 0.1) is 11.8 Å². The third-order valence-corrected chi connectivity index (χ3v) is 4.93. The number of H-pyrrole nitrogens is 1. The van der Waals surface area contributed by atoms with Crippen LogP contribution in [0.4, 0.5) is 0 Å². The van der Waals surface area contributed by atoms with E-state index in [1.807, 2.05) is 13.0 Å². The Morgan fingerprint density at radius 2 is 2.17 bits per heavy atom. The van der Waals surface area contributed by atoms with Gasteiger partial charge in [0.2, 0.25) is 5.91 Å². The number of hydrogen-bond donors (Lipinski definition) is 2. The number of amides is 1. The van der Waals surface area contributed by atoms with Crippen molar-refractivity contribution in [3.05, 3.63) is 39.1 Å². The van der Waals surface area contributed by atoms with Crippen LogP contribution in [0.2, 0.25) is 5.02 Å². The lowest BCUT2D eigenvalue weighted by Gasteiger charge is -2.11. The summed E-state index contributed by atoms with van der Waals surface area (Å²) in [4.78, 5) is 27.0. The van der Waals surface area contributed by atoms with Gasteiger partial charge in [-0.05, 0) is 43.4 Å². The highest BCUT2D eigenvalue weighted by molar-refractivity contribution is 6.32. The van der Waals surface area contributed by atoms with E-state index in [1.54, 1.807) is 19.2 Å². The molecule has 0 radical (unpaired) electrons. The van der Waals surface area contributed by atoms with Crippen LogP contribution >= 0.6 is 11.6 Å². The first-order valence-electron chi connectivity index (χ1n) is 8.16. The van der Waals surface area contributed by atoms with Crippen LogP contribution in [0.25, 0.3) is 10.9 Å². The summed E-state index contributed by atoms with van der Waals surface area (Å²) in [5.74, 6) is 1.23. The number of benzene rings is 1. The molecule has 6 heteroatoms. The minimum atomic E-state index is -0.159. The van der Waals surface area contributed by atoms with Crippen molar-refractivity contribution in [3.8, 4) is 5.75 Å². The molecule has 3 rings (SSSR count). The molecule has 1 aromatic carbocycles. The molecule has 1 heterocycles. The maximum absolute atomic E-state index is 12.2. The SMILES string of the molecule is COc1cc2cc(CCNC(=O)C(C)C3CC3)c(=O)[nH]c2cc1Cl. The summed E-state index contributed by atoms with van der Waals surface area (Å²) in [6, 6.07) is 5.30. The number of ether oxygens (including phenoxy) is 1. The number of aromatic amines is 1. The van der Waals surface area contributed by atoms with Crippen LogP contribution in [0.1, 0.15) is 25.3 Å². The Bertz CT molecular complexity index is 827. The normalized spacial score (nSPS) is 15.3. The fourth-order valence-corrected chi connectivity index (χ4v) is 3.13. The topological polar surface area (TPSA) is 71.2 Å². The van der Waals surface area contributed by atoms with Gasteiger partial charge >= 0.3 is 0 Å². The molecule has 0 saturated heterocycles. The maximum Gasteiger partial charge on any atom is 0.251 e. The lowest BCUT2D eigenvalue weighted by Crippen LogP contribution is -2.32. The van der Waals surface area contributed by atoms with Crippen molar-refractivity contribution >= 4 is 28.4 Å². The van der Waals surface area contributed by atoms with Gasteiger partial charge in [-0.15, -0.1) is 0 Å². The van der Waals surface area contributed by atoms with Crippen LogP contribution in [0.5, 0.6) is 5.75 Å². The minimum Gasteiger partial charge on any atom is -0.495 e. The Morgan fingerprint density at radius 3 is 2.83 bits per heavy atom. The molecule has 1 fully saturated rings. The van der Waals surface area contributed by atoms with Gasteiger partial charge in [-0.1, -0.05) is 18.5 Å². The summed E-state index contributed by atoms with van der Waals surface area (Å²) in [6.45, 7) is 2.42. The highest BCUT2D eigenvalue weighted by atomic mass is 35.5. The van der Waals surface area contributed by atoms with E-state index in [0.29, 0.717) is 40.7 Å². The number of fused-ring (bicyclic) bond motifs is 1. The van der Waals surface area contributed by atoms with E-state index in [4.69, 9.17) is 16.3 Å². The van der Waals surface area contributed by atoms with Gasteiger partial charge in [0, 0.05) is 23.4 Å². The lowest BCUT2D eigenvalue weighted by atomic mass is 10.1. The first kappa shape index (κ1) is 16.8. The summed E-state index contributed by atoms with van der Waals surface area (Å²) >= 11 is 6.08. The third kappa shape index (κ3) is 3.56. The van der Waals surface area contributed by atoms with E-state index < -0.39 is 0 Å². The van der Waals surface area contributed by atoms with Gasteiger partial charge < -0.3 is 15.0 Å². The van der Waals surface area contributed by atoms with Gasteiger partial charge in [0.25, 0.3) is 5.56 Å². The number of pyridine rings is 1. The molecule has 0 aliphatic heterocycles. The molecular formula is C18H21ClN2O3. The van der Waals surface area contributed by atoms with Gasteiger partial charge in [-0.3, -0.25) is 9.59 Å². The number of halogens is 1. The Kier molecular flexibility index (Phi) is 4.81. The number of carbonyl (C=O) groups excluding carboxylic acids is 1. The van der Waals surface area contributed by atoms with Crippen LogP contribution < -0.4 is 15.6 Å². The molecule has 24 heavy (non-hydrogen) atoms. The minimum absolute atomic E-state index is 0.0614. The first-order valence-corrected chi connectivity index (χ1v) is 8.54. The average Bonchev–Trinajstić information content (AvgIpc) is 3.39. The predicted octanol–water partition coefficient (Wildman–Crippen LogP) is 2.89. The Morgan fingerprint density at radius 1 is 1.42 bits per heavy atom. The molecule has 1 atom stereocenters. The van der Waals surface area contributed by atoms with Crippen LogP contribution in [-0.4, -0.2) is 24.5 Å². The van der Waals surface area contributed by atoms with Crippen molar-refractivity contribution < 1.29 is 9.53 Å². The van der Waals surface area contributed by atoms with E-state index in [1.165, 1.54) is 0 Å². The molecule has 1 saturated carbocycles. The second kappa shape index (κ2) is 6.85. The number of carbonyl (C=O) groups is 1. The van der Waals surface area contributed by atoms with Crippen LogP contribution in [0.15, 0.2) is 23.0 Å². The Balaban J connectivity index is 1.72. The highest BCUT2D eigenvalue weighted by Crippen LogP contribution is 2.36. The molecule has 1 amide bonds. The fourth-order valence-electron chi connectivity index (χ4n) is 2.89. The average molecular weight is 349 g/mol. The molecule has 1 aliphatic carbocycles. The van der Waals surface area contributed by atoms with Gasteiger partial charge in [-0.25, -0.2) is 0 Å². The van der Waals surface area contributed by atoms with Crippen molar-refractivity contribution in [3.63, 3.8) is 0 Å². The van der Waals surface area contributed by atoms with Crippen molar-refractivity contribution in [2.45, 2.75) is 26.2 Å². The second-order valence-corrected chi connectivity index (χ2v) is 6.77. The molecule has 0 spiro atoms. The van der Waals surface area contributed by atoms with Crippen molar-refractivity contribution in [2.75, 3.05) is 13.7 Å². The van der Waals surface area contributed by atoms with E-state index in [9.17, 15) is 9.59 Å². The highest BCUT2D eigenvalue weighted by Gasteiger charge is 2.32. The summed E-state index contributed by atoms with van der Waals surface area (Å²) in [6.07, 6.45) is 2.77. The van der Waals surface area contributed by atoms with Gasteiger partial charge in [0.1, 0.15) is 5.75 Å². The summed E-state index contributed by atoms with van der Waals surface area (Å²) in [7, 11) is 1.55. The number of aromatic nitrogens is 1. The zero-order valence-corrected chi connectivity index (χ0v) is 14.6. The van der Waals surface area contributed by atoms with E-state index in [0.717, 1.165) is 18.2 Å². The molecule has 1 aromatic heterocycles. The predicted molar refractivity (Wildman–Crippen MR) is 94.7 cm³/mol. The molecule has 2 aromatic rings. The summed E-state index contributed by atoms with van der Waals surface area (Å²) in [5.41, 5.74) is 1.14. The van der Waals surface area contributed by atoms with E-state index >= 15 is 0 Å². The van der Waals surface area contributed by atoms with Crippen LogP contribution in [0.3, 0.4) is 0 Å². The largest absolute Gasteiger partial charge is 0.495 e. The van der Waals surface area contributed by atoms with Crippen molar-refractivity contribution in [2.24, 2.45) is 11.8 Å². The molecule has 1 aliphatic rings. The van der Waals surface area contributed by atoms with Gasteiger partial charge in [-0.2, -0.15) is 0 Å². The lowest BCUT2D eigenvalue weighted by molar-refractivity contribution is -0.125. The number of hydrogen-bond acceptors (Lipinski definition) is 3. The van der Waals surface area contributed by atoms with Gasteiger partial charge in [0.05, 0.1) is 17.6 Å². The Labute approximate surface area is 145 Å². The Hall–Kier alpha value is -2.01. The molecule has 0 bridgehead atoms. The first-order chi connectivity index (χ1) is 11.5. The smallest absolute Gasteiger partial charge is 0.251 e. The monoisotopic (exact) mass is 348 g/mol. The molecule has 128 valence electrons. The molecule has 1 unspecified atom stereocenters. The maximum atomic E-state index is 12.2. The standard InChI is InChI=1S/C18H21ClN2O3/c1-10(11-3-4-11)17(22)20-6-5-12-7-13-8-16(24-2)14(19)9-15(13)21-18(12)23/h7-11H,3-6H2,1-2H3,(H,20,22)(H,21,23). The molecule has 5 nitrogen and oxygen atoms in total. The number of nitrogens with one attached hydrogen (secondary N) is 2. The third-order valence-electron chi connectivity index (χ3n) is 4.63. The van der Waals surface area contributed by atoms with Crippen LogP contribution in [-0.2, 0) is 11.2 Å². The zero-order chi connectivity index (χ0) is 17.3. The second-order valence-electron chi connectivity index (χ2n) is 6.36. The fraction of sp³-hybridized carbons (Fsp3) is 0.444. The van der Waals surface area contributed by atoms with Gasteiger partial charge in [0.15, 0.2) is 0 Å². The number of rotatable bonds is 6. The van der Waals surface area contributed by atoms with E-state index in [-0.39, 0.29) is 17.4 Å². The zero-order valence-electron chi connectivity index (χ0n) is 13.8. The summed E-state index contributed by atoms with van der Waals surface area (Å²) < 4.78 is 5.21.